The van der Waals surface area contributed by atoms with Gasteiger partial charge >= 0.3 is 0 Å². The minimum Gasteiger partial charge on any atom is -0.388 e. The molecule has 0 aromatic heterocycles. The Balaban J connectivity index is 1.87. The number of hydrogen-bond donors (Lipinski definition) is 1. The average molecular weight is 252 g/mol. The Bertz CT molecular complexity index is 399. The maximum Gasteiger partial charge on any atom is 0.123 e. The van der Waals surface area contributed by atoms with Gasteiger partial charge in [-0.25, -0.2) is 4.39 Å². The lowest BCUT2D eigenvalue weighted by molar-refractivity contribution is -0.0380. The van der Waals surface area contributed by atoms with Gasteiger partial charge in [0.05, 0.1) is 12.2 Å². The number of hydrogen-bond acceptors (Lipinski definition) is 2. The standard InChI is InChI=1S/C15H21FO2/c1-3-18-13-7-11(8-13)9-15(17)14-5-4-12(16)6-10(14)2/h4-6,11,13,15,17H,3,7-9H2,1-2H3. The fraction of sp³-hybridized carbons (Fsp3) is 0.600. The van der Waals surface area contributed by atoms with Gasteiger partial charge in [-0.15, -0.1) is 0 Å². The maximum atomic E-state index is 13.0. The van der Waals surface area contributed by atoms with E-state index in [2.05, 4.69) is 0 Å². The van der Waals surface area contributed by atoms with E-state index in [4.69, 9.17) is 4.74 Å². The molecule has 2 rings (SSSR count). The molecule has 0 heterocycles. The summed E-state index contributed by atoms with van der Waals surface area (Å²) in [6, 6.07) is 4.58. The molecule has 1 aliphatic rings. The van der Waals surface area contributed by atoms with Crippen LogP contribution in [0.4, 0.5) is 4.39 Å². The van der Waals surface area contributed by atoms with E-state index in [1.54, 1.807) is 6.07 Å². The predicted octanol–water partition coefficient (Wildman–Crippen LogP) is 3.37. The first-order valence-electron chi connectivity index (χ1n) is 6.65. The van der Waals surface area contributed by atoms with E-state index in [-0.39, 0.29) is 5.82 Å². The number of aryl methyl sites for hydroxylation is 1. The SMILES string of the molecule is CCOC1CC(CC(O)c2ccc(F)cc2C)C1. The van der Waals surface area contributed by atoms with Crippen molar-refractivity contribution >= 4 is 0 Å². The van der Waals surface area contributed by atoms with Crippen LogP contribution in [-0.2, 0) is 4.74 Å². The molecule has 1 fully saturated rings. The van der Waals surface area contributed by atoms with Gasteiger partial charge in [0.1, 0.15) is 5.82 Å². The van der Waals surface area contributed by atoms with Crippen LogP contribution in [0.25, 0.3) is 0 Å². The van der Waals surface area contributed by atoms with Gasteiger partial charge in [-0.1, -0.05) is 6.07 Å². The summed E-state index contributed by atoms with van der Waals surface area (Å²) in [7, 11) is 0. The average Bonchev–Trinajstić information content (AvgIpc) is 2.26. The summed E-state index contributed by atoms with van der Waals surface area (Å²) >= 11 is 0. The van der Waals surface area contributed by atoms with Crippen molar-refractivity contribution in [2.45, 2.75) is 45.3 Å². The topological polar surface area (TPSA) is 29.5 Å². The molecule has 18 heavy (non-hydrogen) atoms. The maximum absolute atomic E-state index is 13.0. The first kappa shape index (κ1) is 13.5. The van der Waals surface area contributed by atoms with Crippen LogP contribution in [-0.4, -0.2) is 17.8 Å². The van der Waals surface area contributed by atoms with E-state index in [1.807, 2.05) is 13.8 Å². The quantitative estimate of drug-likeness (QED) is 0.870. The summed E-state index contributed by atoms with van der Waals surface area (Å²) in [5, 5.41) is 10.2. The smallest absolute Gasteiger partial charge is 0.123 e. The highest BCUT2D eigenvalue weighted by Crippen LogP contribution is 2.37. The fourth-order valence-corrected chi connectivity index (χ4v) is 2.69. The van der Waals surface area contributed by atoms with Gasteiger partial charge in [-0.2, -0.15) is 0 Å². The Kier molecular flexibility index (Phi) is 4.36. The van der Waals surface area contributed by atoms with Crippen molar-refractivity contribution in [1.29, 1.82) is 0 Å². The summed E-state index contributed by atoms with van der Waals surface area (Å²) in [6.45, 7) is 4.60. The van der Waals surface area contributed by atoms with Gasteiger partial charge in [0.15, 0.2) is 0 Å². The molecule has 0 bridgehead atoms. The zero-order valence-electron chi connectivity index (χ0n) is 11.0. The van der Waals surface area contributed by atoms with E-state index >= 15 is 0 Å². The summed E-state index contributed by atoms with van der Waals surface area (Å²) in [4.78, 5) is 0. The molecule has 2 nitrogen and oxygen atoms in total. The van der Waals surface area contributed by atoms with Crippen LogP contribution in [0.3, 0.4) is 0 Å². The lowest BCUT2D eigenvalue weighted by atomic mass is 9.77. The van der Waals surface area contributed by atoms with Gasteiger partial charge < -0.3 is 9.84 Å². The van der Waals surface area contributed by atoms with Crippen LogP contribution in [0.2, 0.25) is 0 Å². The minimum absolute atomic E-state index is 0.247. The van der Waals surface area contributed by atoms with Crippen molar-refractivity contribution in [1.82, 2.24) is 0 Å². The van der Waals surface area contributed by atoms with Gasteiger partial charge in [0, 0.05) is 6.61 Å². The summed E-state index contributed by atoms with van der Waals surface area (Å²) in [5.74, 6) is 0.282. The molecule has 0 amide bonds. The van der Waals surface area contributed by atoms with Crippen molar-refractivity contribution in [3.05, 3.63) is 35.1 Å². The van der Waals surface area contributed by atoms with Crippen LogP contribution >= 0.6 is 0 Å². The van der Waals surface area contributed by atoms with Crippen molar-refractivity contribution in [3.8, 4) is 0 Å². The minimum atomic E-state index is -0.488. The molecule has 1 N–H and O–H groups in total. The molecule has 0 saturated heterocycles. The van der Waals surface area contributed by atoms with E-state index in [9.17, 15) is 9.50 Å². The number of rotatable bonds is 5. The van der Waals surface area contributed by atoms with E-state index in [0.717, 1.165) is 37.0 Å². The Hall–Kier alpha value is -0.930. The summed E-state index contributed by atoms with van der Waals surface area (Å²) < 4.78 is 18.5. The second-order valence-corrected chi connectivity index (χ2v) is 5.17. The highest BCUT2D eigenvalue weighted by Gasteiger charge is 2.31. The zero-order valence-corrected chi connectivity index (χ0v) is 11.0. The molecule has 1 atom stereocenters. The largest absolute Gasteiger partial charge is 0.388 e. The molecule has 1 saturated carbocycles. The molecule has 3 heteroatoms. The van der Waals surface area contributed by atoms with Gasteiger partial charge in [-0.3, -0.25) is 0 Å². The third-order valence-corrected chi connectivity index (χ3v) is 3.74. The van der Waals surface area contributed by atoms with Crippen LogP contribution < -0.4 is 0 Å². The van der Waals surface area contributed by atoms with E-state index < -0.39 is 6.10 Å². The van der Waals surface area contributed by atoms with Gasteiger partial charge in [0.2, 0.25) is 0 Å². The number of aliphatic hydroxyl groups is 1. The Morgan fingerprint density at radius 1 is 1.44 bits per heavy atom. The molecule has 0 radical (unpaired) electrons. The fourth-order valence-electron chi connectivity index (χ4n) is 2.69. The second-order valence-electron chi connectivity index (χ2n) is 5.17. The molecule has 0 aliphatic heterocycles. The number of halogens is 1. The molecule has 1 aromatic carbocycles. The van der Waals surface area contributed by atoms with Gasteiger partial charge in [-0.05, 0) is 62.3 Å². The number of benzene rings is 1. The second kappa shape index (κ2) is 5.81. The van der Waals surface area contributed by atoms with Crippen LogP contribution in [0.1, 0.15) is 43.4 Å². The number of ether oxygens (including phenoxy) is 1. The van der Waals surface area contributed by atoms with Crippen molar-refractivity contribution < 1.29 is 14.2 Å². The third kappa shape index (κ3) is 3.09. The van der Waals surface area contributed by atoms with Gasteiger partial charge in [0.25, 0.3) is 0 Å². The Morgan fingerprint density at radius 3 is 2.78 bits per heavy atom. The highest BCUT2D eigenvalue weighted by molar-refractivity contribution is 5.28. The third-order valence-electron chi connectivity index (χ3n) is 3.74. The molecular weight excluding hydrogens is 231 g/mol. The summed E-state index contributed by atoms with van der Waals surface area (Å²) in [6.07, 6.45) is 2.70. The summed E-state index contributed by atoms with van der Waals surface area (Å²) in [5.41, 5.74) is 1.67. The zero-order chi connectivity index (χ0) is 13.1. The predicted molar refractivity (Wildman–Crippen MR) is 68.9 cm³/mol. The van der Waals surface area contributed by atoms with Crippen LogP contribution in [0.15, 0.2) is 18.2 Å². The van der Waals surface area contributed by atoms with Crippen molar-refractivity contribution in [3.63, 3.8) is 0 Å². The monoisotopic (exact) mass is 252 g/mol. The lowest BCUT2D eigenvalue weighted by Crippen LogP contribution is -2.32. The normalized spacial score (nSPS) is 24.7. The van der Waals surface area contributed by atoms with Crippen LogP contribution in [0, 0.1) is 18.7 Å². The molecule has 100 valence electrons. The van der Waals surface area contributed by atoms with E-state index in [0.29, 0.717) is 12.0 Å². The first-order chi connectivity index (χ1) is 8.60. The molecular formula is C15H21FO2. The Labute approximate surface area is 108 Å². The lowest BCUT2D eigenvalue weighted by Gasteiger charge is -2.36. The highest BCUT2D eigenvalue weighted by atomic mass is 19.1. The van der Waals surface area contributed by atoms with Crippen molar-refractivity contribution in [2.75, 3.05) is 6.61 Å². The molecule has 0 spiro atoms. The first-order valence-corrected chi connectivity index (χ1v) is 6.65. The molecule has 1 unspecified atom stereocenters. The van der Waals surface area contributed by atoms with Crippen molar-refractivity contribution in [2.24, 2.45) is 5.92 Å². The molecule has 1 aliphatic carbocycles. The van der Waals surface area contributed by atoms with Crippen LogP contribution in [0.5, 0.6) is 0 Å². The Morgan fingerprint density at radius 2 is 2.17 bits per heavy atom. The van der Waals surface area contributed by atoms with E-state index in [1.165, 1.54) is 12.1 Å². The number of aliphatic hydroxyl groups excluding tert-OH is 1. The molecule has 1 aromatic rings.